The fourth-order valence-electron chi connectivity index (χ4n) is 1.93. The summed E-state index contributed by atoms with van der Waals surface area (Å²) < 4.78 is 0. The Balaban J connectivity index is 2.12. The molecule has 1 N–H and O–H groups in total. The molecule has 0 aliphatic carbocycles. The number of hydrogen-bond acceptors (Lipinski definition) is 2. The standard InChI is InChI=1S/C14H15Cl2NS/c1-9(12-8-11(15)5-6-13(12)16)17-10(2)14-4-3-7-18-14/h3-10,17H,1-2H3/t9?,10-/m0/s1. The normalized spacial score (nSPS) is 14.4. The minimum atomic E-state index is 0.160. The van der Waals surface area contributed by atoms with Crippen LogP contribution in [-0.2, 0) is 0 Å². The number of rotatable bonds is 4. The van der Waals surface area contributed by atoms with Crippen molar-refractivity contribution in [2.75, 3.05) is 0 Å². The number of halogens is 2. The highest BCUT2D eigenvalue weighted by atomic mass is 35.5. The maximum absolute atomic E-state index is 6.20. The quantitative estimate of drug-likeness (QED) is 0.789. The monoisotopic (exact) mass is 299 g/mol. The Labute approximate surface area is 122 Å². The molecule has 0 saturated carbocycles. The molecule has 18 heavy (non-hydrogen) atoms. The largest absolute Gasteiger partial charge is 0.303 e. The van der Waals surface area contributed by atoms with E-state index in [4.69, 9.17) is 23.2 Å². The first kappa shape index (κ1) is 13.9. The molecule has 0 fully saturated rings. The third kappa shape index (κ3) is 3.27. The maximum atomic E-state index is 6.20. The number of thiophene rings is 1. The van der Waals surface area contributed by atoms with Crippen molar-refractivity contribution in [3.05, 3.63) is 56.2 Å². The Bertz CT molecular complexity index is 511. The van der Waals surface area contributed by atoms with Crippen molar-refractivity contribution in [2.45, 2.75) is 25.9 Å². The van der Waals surface area contributed by atoms with Crippen LogP contribution < -0.4 is 5.32 Å². The first-order valence-electron chi connectivity index (χ1n) is 5.82. The number of benzene rings is 1. The molecule has 4 heteroatoms. The highest BCUT2D eigenvalue weighted by molar-refractivity contribution is 7.10. The third-order valence-corrected chi connectivity index (χ3v) is 4.53. The van der Waals surface area contributed by atoms with Gasteiger partial charge in [0.2, 0.25) is 0 Å². The summed E-state index contributed by atoms with van der Waals surface area (Å²) in [6.07, 6.45) is 0. The topological polar surface area (TPSA) is 12.0 Å². The number of nitrogens with one attached hydrogen (secondary N) is 1. The van der Waals surface area contributed by atoms with Crippen molar-refractivity contribution in [1.82, 2.24) is 5.32 Å². The van der Waals surface area contributed by atoms with Gasteiger partial charge < -0.3 is 5.32 Å². The highest BCUT2D eigenvalue weighted by Gasteiger charge is 2.14. The van der Waals surface area contributed by atoms with Gasteiger partial charge in [-0.05, 0) is 49.1 Å². The zero-order valence-electron chi connectivity index (χ0n) is 10.3. The van der Waals surface area contributed by atoms with E-state index in [1.54, 1.807) is 11.3 Å². The Morgan fingerprint density at radius 3 is 2.56 bits per heavy atom. The van der Waals surface area contributed by atoms with E-state index in [1.807, 2.05) is 18.2 Å². The zero-order valence-corrected chi connectivity index (χ0v) is 12.6. The fourth-order valence-corrected chi connectivity index (χ4v) is 3.14. The van der Waals surface area contributed by atoms with E-state index >= 15 is 0 Å². The predicted molar refractivity (Wildman–Crippen MR) is 80.7 cm³/mol. The molecular formula is C14H15Cl2NS. The van der Waals surface area contributed by atoms with Crippen LogP contribution in [0.15, 0.2) is 35.7 Å². The first-order valence-corrected chi connectivity index (χ1v) is 7.46. The molecular weight excluding hydrogens is 285 g/mol. The molecule has 1 nitrogen and oxygen atoms in total. The lowest BCUT2D eigenvalue weighted by Gasteiger charge is -2.20. The molecule has 0 amide bonds. The van der Waals surface area contributed by atoms with E-state index in [-0.39, 0.29) is 6.04 Å². The van der Waals surface area contributed by atoms with Crippen LogP contribution in [0.2, 0.25) is 10.0 Å². The van der Waals surface area contributed by atoms with E-state index in [9.17, 15) is 0 Å². The summed E-state index contributed by atoms with van der Waals surface area (Å²) in [5.41, 5.74) is 1.03. The van der Waals surface area contributed by atoms with Crippen LogP contribution in [0.4, 0.5) is 0 Å². The second-order valence-corrected chi connectivity index (χ2v) is 6.11. The van der Waals surface area contributed by atoms with E-state index in [2.05, 4.69) is 36.7 Å². The van der Waals surface area contributed by atoms with Gasteiger partial charge in [0.15, 0.2) is 0 Å². The fraction of sp³-hybridized carbons (Fsp3) is 0.286. The average Bonchev–Trinajstić information content (AvgIpc) is 2.85. The van der Waals surface area contributed by atoms with Gasteiger partial charge in [-0.15, -0.1) is 11.3 Å². The third-order valence-electron chi connectivity index (χ3n) is 2.89. The summed E-state index contributed by atoms with van der Waals surface area (Å²) >= 11 is 14.0. The van der Waals surface area contributed by atoms with Gasteiger partial charge in [-0.1, -0.05) is 29.3 Å². The van der Waals surface area contributed by atoms with E-state index < -0.39 is 0 Å². The second kappa shape index (κ2) is 6.07. The Kier molecular flexibility index (Phi) is 4.68. The SMILES string of the molecule is CC(N[C@@H](C)c1cccs1)c1cc(Cl)ccc1Cl. The van der Waals surface area contributed by atoms with Gasteiger partial charge >= 0.3 is 0 Å². The summed E-state index contributed by atoms with van der Waals surface area (Å²) in [6, 6.07) is 10.2. The van der Waals surface area contributed by atoms with Gasteiger partial charge in [-0.3, -0.25) is 0 Å². The van der Waals surface area contributed by atoms with Crippen molar-refractivity contribution >= 4 is 34.5 Å². The van der Waals surface area contributed by atoms with Crippen LogP contribution in [0.1, 0.15) is 36.4 Å². The van der Waals surface area contributed by atoms with Crippen molar-refractivity contribution in [2.24, 2.45) is 0 Å². The lowest BCUT2D eigenvalue weighted by molar-refractivity contribution is 0.500. The summed E-state index contributed by atoms with van der Waals surface area (Å²) in [7, 11) is 0. The molecule has 96 valence electrons. The molecule has 2 atom stereocenters. The van der Waals surface area contributed by atoms with Crippen LogP contribution >= 0.6 is 34.5 Å². The van der Waals surface area contributed by atoms with E-state index in [0.717, 1.165) is 10.6 Å². The van der Waals surface area contributed by atoms with Gasteiger partial charge in [-0.2, -0.15) is 0 Å². The Morgan fingerprint density at radius 1 is 1.11 bits per heavy atom. The van der Waals surface area contributed by atoms with Crippen molar-refractivity contribution in [1.29, 1.82) is 0 Å². The summed E-state index contributed by atoms with van der Waals surface area (Å²) in [4.78, 5) is 1.32. The number of hydrogen-bond donors (Lipinski definition) is 1. The maximum Gasteiger partial charge on any atom is 0.0454 e. The van der Waals surface area contributed by atoms with Crippen LogP contribution in [0, 0.1) is 0 Å². The molecule has 1 aromatic heterocycles. The Morgan fingerprint density at radius 2 is 1.89 bits per heavy atom. The van der Waals surface area contributed by atoms with Gasteiger partial charge in [0, 0.05) is 27.0 Å². The van der Waals surface area contributed by atoms with Crippen LogP contribution in [0.25, 0.3) is 0 Å². The lowest BCUT2D eigenvalue weighted by Crippen LogP contribution is -2.22. The first-order chi connectivity index (χ1) is 8.58. The van der Waals surface area contributed by atoms with Crippen LogP contribution in [0.3, 0.4) is 0 Å². The van der Waals surface area contributed by atoms with Crippen molar-refractivity contribution in [3.8, 4) is 0 Å². The summed E-state index contributed by atoms with van der Waals surface area (Å²) in [5.74, 6) is 0. The molecule has 0 aliphatic rings. The molecule has 1 aromatic carbocycles. The molecule has 2 rings (SSSR count). The van der Waals surface area contributed by atoms with Gasteiger partial charge in [0.05, 0.1) is 0 Å². The van der Waals surface area contributed by atoms with Gasteiger partial charge in [0.1, 0.15) is 0 Å². The minimum Gasteiger partial charge on any atom is -0.303 e. The molecule has 0 radical (unpaired) electrons. The molecule has 0 saturated heterocycles. The molecule has 0 bridgehead atoms. The average molecular weight is 300 g/mol. The lowest BCUT2D eigenvalue weighted by atomic mass is 10.1. The van der Waals surface area contributed by atoms with Gasteiger partial charge in [0.25, 0.3) is 0 Å². The van der Waals surface area contributed by atoms with Crippen molar-refractivity contribution in [3.63, 3.8) is 0 Å². The van der Waals surface area contributed by atoms with Gasteiger partial charge in [-0.25, -0.2) is 0 Å². The predicted octanol–water partition coefficient (Wildman–Crippen LogP) is 5.47. The second-order valence-electron chi connectivity index (χ2n) is 4.29. The molecule has 2 aromatic rings. The summed E-state index contributed by atoms with van der Waals surface area (Å²) in [6.45, 7) is 4.25. The highest BCUT2D eigenvalue weighted by Crippen LogP contribution is 2.28. The Hall–Kier alpha value is -0.540. The van der Waals surface area contributed by atoms with Crippen LogP contribution in [0.5, 0.6) is 0 Å². The molecule has 1 heterocycles. The molecule has 1 unspecified atom stereocenters. The van der Waals surface area contributed by atoms with Crippen molar-refractivity contribution < 1.29 is 0 Å². The smallest absolute Gasteiger partial charge is 0.0454 e. The van der Waals surface area contributed by atoms with Crippen LogP contribution in [-0.4, -0.2) is 0 Å². The minimum absolute atomic E-state index is 0.160. The molecule has 0 spiro atoms. The van der Waals surface area contributed by atoms with E-state index in [1.165, 1.54) is 4.88 Å². The molecule has 0 aliphatic heterocycles. The zero-order chi connectivity index (χ0) is 13.1. The van der Waals surface area contributed by atoms with E-state index in [0.29, 0.717) is 11.1 Å². The summed E-state index contributed by atoms with van der Waals surface area (Å²) in [5, 5.41) is 7.08.